The molecule has 9 heteroatoms. The third-order valence-electron chi connectivity index (χ3n) is 6.11. The van der Waals surface area contributed by atoms with Gasteiger partial charge in [0.1, 0.15) is 12.4 Å². The van der Waals surface area contributed by atoms with E-state index in [4.69, 9.17) is 0 Å². The monoisotopic (exact) mass is 527 g/mol. The van der Waals surface area contributed by atoms with Crippen LogP contribution in [0.5, 0.6) is 0 Å². The fourth-order valence-electron chi connectivity index (χ4n) is 4.31. The second-order valence-corrected chi connectivity index (χ2v) is 9.11. The van der Waals surface area contributed by atoms with Gasteiger partial charge in [0.15, 0.2) is 5.82 Å². The highest BCUT2D eigenvalue weighted by Gasteiger charge is 2.19. The lowest BCUT2D eigenvalue weighted by Crippen LogP contribution is -2.42. The maximum Gasteiger partial charge on any atom is 0.294 e. The summed E-state index contributed by atoms with van der Waals surface area (Å²) in [5.74, 6) is -1.45. The molecule has 39 heavy (non-hydrogen) atoms. The molecule has 2 amide bonds. The summed E-state index contributed by atoms with van der Waals surface area (Å²) in [6.45, 7) is -0.328. The van der Waals surface area contributed by atoms with Gasteiger partial charge in [-0.15, -0.1) is 0 Å². The highest BCUT2D eigenvalue weighted by molar-refractivity contribution is 5.91. The van der Waals surface area contributed by atoms with Crippen molar-refractivity contribution in [2.75, 3.05) is 18.9 Å². The molecule has 3 N–H and O–H groups in total. The highest BCUT2D eigenvalue weighted by atomic mass is 19.1. The van der Waals surface area contributed by atoms with Gasteiger partial charge in [-0.05, 0) is 55.3 Å². The first-order chi connectivity index (χ1) is 18.9. The molecule has 0 fully saturated rings. The van der Waals surface area contributed by atoms with E-state index in [0.717, 1.165) is 11.1 Å². The van der Waals surface area contributed by atoms with Crippen LogP contribution in [-0.2, 0) is 29.0 Å². The Labute approximate surface area is 225 Å². The first kappa shape index (κ1) is 27.4. The van der Waals surface area contributed by atoms with E-state index in [1.165, 1.54) is 35.0 Å². The number of hydrogen-bond acceptors (Lipinski definition) is 5. The van der Waals surface area contributed by atoms with Crippen molar-refractivity contribution < 1.29 is 14.0 Å². The van der Waals surface area contributed by atoms with Crippen LogP contribution in [0.15, 0.2) is 95.9 Å². The Morgan fingerprint density at radius 1 is 0.872 bits per heavy atom. The van der Waals surface area contributed by atoms with Gasteiger partial charge in [-0.1, -0.05) is 60.7 Å². The summed E-state index contributed by atoms with van der Waals surface area (Å²) < 4.78 is 14.8. The zero-order valence-electron chi connectivity index (χ0n) is 21.6. The molecular weight excluding hydrogens is 497 g/mol. The first-order valence-electron chi connectivity index (χ1n) is 12.6. The zero-order valence-corrected chi connectivity index (χ0v) is 21.6. The van der Waals surface area contributed by atoms with E-state index < -0.39 is 17.3 Å². The van der Waals surface area contributed by atoms with E-state index in [-0.39, 0.29) is 30.9 Å². The number of likely N-dealkylation sites (N-methyl/N-ethyl adjacent to an activating group) is 1. The zero-order chi connectivity index (χ0) is 27.6. The van der Waals surface area contributed by atoms with Crippen LogP contribution in [0.25, 0.3) is 11.3 Å². The van der Waals surface area contributed by atoms with Gasteiger partial charge in [0, 0.05) is 11.6 Å². The lowest BCUT2D eigenvalue weighted by atomic mass is 9.99. The molecule has 0 aliphatic carbocycles. The van der Waals surface area contributed by atoms with Gasteiger partial charge in [-0.2, -0.15) is 0 Å². The van der Waals surface area contributed by atoms with Crippen LogP contribution in [0.1, 0.15) is 11.1 Å². The fraction of sp³-hybridized carbons (Fsp3) is 0.200. The number of amides is 2. The van der Waals surface area contributed by atoms with E-state index in [9.17, 15) is 18.8 Å². The largest absolute Gasteiger partial charge is 0.351 e. The Morgan fingerprint density at radius 3 is 2.03 bits per heavy atom. The third kappa shape index (κ3) is 7.68. The number of halogens is 1. The lowest BCUT2D eigenvalue weighted by molar-refractivity contribution is -0.122. The van der Waals surface area contributed by atoms with Crippen LogP contribution >= 0.6 is 0 Å². The Balaban J connectivity index is 1.62. The summed E-state index contributed by atoms with van der Waals surface area (Å²) in [6, 6.07) is 25.0. The van der Waals surface area contributed by atoms with Crippen molar-refractivity contribution in [3.05, 3.63) is 118 Å². The second kappa shape index (κ2) is 13.3. The van der Waals surface area contributed by atoms with Gasteiger partial charge in [0.05, 0.1) is 18.4 Å². The number of nitrogens with zero attached hydrogens (tertiary/aromatic N) is 2. The van der Waals surface area contributed by atoms with Crippen molar-refractivity contribution in [3.63, 3.8) is 0 Å². The molecule has 0 spiro atoms. The van der Waals surface area contributed by atoms with Crippen molar-refractivity contribution >= 4 is 17.6 Å². The van der Waals surface area contributed by atoms with E-state index in [2.05, 4.69) is 20.9 Å². The number of carbonyl (C=O) groups excluding carboxylic acids is 2. The number of aromatic nitrogens is 2. The standard InChI is InChI=1S/C30H30FN5O3/c1-32-19-27(37)35-29-30(39)36(26(18-33-29)23-12-14-24(31)15-13-23)20-28(38)34-25(16-21-8-4-2-5-9-21)17-22-10-6-3-7-11-22/h2-15,18,25,32H,16-17,19-20H2,1H3,(H,34,38)(H,33,35,37). The van der Waals surface area contributed by atoms with Crippen molar-refractivity contribution in [3.8, 4) is 11.3 Å². The molecule has 3 aromatic carbocycles. The predicted molar refractivity (Wildman–Crippen MR) is 149 cm³/mol. The van der Waals surface area contributed by atoms with Crippen LogP contribution in [0.4, 0.5) is 10.2 Å². The lowest BCUT2D eigenvalue weighted by Gasteiger charge is -2.21. The van der Waals surface area contributed by atoms with Crippen molar-refractivity contribution in [2.24, 2.45) is 0 Å². The minimum absolute atomic E-state index is 0.0119. The van der Waals surface area contributed by atoms with E-state index >= 15 is 0 Å². The normalized spacial score (nSPS) is 10.8. The van der Waals surface area contributed by atoms with Gasteiger partial charge in [0.25, 0.3) is 5.56 Å². The quantitative estimate of drug-likeness (QED) is 0.278. The third-order valence-corrected chi connectivity index (χ3v) is 6.11. The van der Waals surface area contributed by atoms with Crippen LogP contribution in [0, 0.1) is 5.82 Å². The van der Waals surface area contributed by atoms with E-state index in [0.29, 0.717) is 24.1 Å². The fourth-order valence-corrected chi connectivity index (χ4v) is 4.31. The van der Waals surface area contributed by atoms with Gasteiger partial charge < -0.3 is 16.0 Å². The smallest absolute Gasteiger partial charge is 0.294 e. The van der Waals surface area contributed by atoms with Gasteiger partial charge in [-0.25, -0.2) is 9.37 Å². The molecule has 0 radical (unpaired) electrons. The average molecular weight is 528 g/mol. The molecule has 0 saturated carbocycles. The number of anilines is 1. The molecule has 0 aliphatic heterocycles. The van der Waals surface area contributed by atoms with Crippen LogP contribution in [-0.4, -0.2) is 41.0 Å². The Bertz CT molecular complexity index is 1420. The maximum atomic E-state index is 13.6. The van der Waals surface area contributed by atoms with Gasteiger partial charge >= 0.3 is 0 Å². The number of carbonyl (C=O) groups is 2. The first-order valence-corrected chi connectivity index (χ1v) is 12.6. The van der Waals surface area contributed by atoms with Crippen molar-refractivity contribution in [1.29, 1.82) is 0 Å². The Kier molecular flexibility index (Phi) is 9.31. The predicted octanol–water partition coefficient (Wildman–Crippen LogP) is 3.18. The number of hydrogen-bond donors (Lipinski definition) is 3. The highest BCUT2D eigenvalue weighted by Crippen LogP contribution is 2.19. The molecule has 4 aromatic rings. The summed E-state index contributed by atoms with van der Waals surface area (Å²) in [5.41, 5.74) is 2.33. The summed E-state index contributed by atoms with van der Waals surface area (Å²) in [6.07, 6.45) is 2.59. The van der Waals surface area contributed by atoms with Gasteiger partial charge in [0.2, 0.25) is 11.8 Å². The van der Waals surface area contributed by atoms with Crippen molar-refractivity contribution in [2.45, 2.75) is 25.4 Å². The summed E-state index contributed by atoms with van der Waals surface area (Å²) in [5, 5.41) is 8.27. The van der Waals surface area contributed by atoms with Crippen LogP contribution < -0.4 is 21.5 Å². The molecule has 8 nitrogen and oxygen atoms in total. The summed E-state index contributed by atoms with van der Waals surface area (Å²) >= 11 is 0. The molecule has 0 unspecified atom stereocenters. The van der Waals surface area contributed by atoms with Crippen LogP contribution in [0.2, 0.25) is 0 Å². The molecule has 1 aromatic heterocycles. The minimum atomic E-state index is -0.640. The number of rotatable bonds is 11. The average Bonchev–Trinajstić information content (AvgIpc) is 2.93. The van der Waals surface area contributed by atoms with Crippen LogP contribution in [0.3, 0.4) is 0 Å². The Hall–Kier alpha value is -4.63. The molecule has 0 atom stereocenters. The molecule has 0 saturated heterocycles. The molecule has 200 valence electrons. The summed E-state index contributed by atoms with van der Waals surface area (Å²) in [4.78, 5) is 43.0. The number of nitrogens with one attached hydrogen (secondary N) is 3. The molecule has 4 rings (SSSR count). The second-order valence-electron chi connectivity index (χ2n) is 9.11. The molecule has 0 aliphatic rings. The molecular formula is C30H30FN5O3. The van der Waals surface area contributed by atoms with Gasteiger partial charge in [-0.3, -0.25) is 19.0 Å². The number of benzene rings is 3. The van der Waals surface area contributed by atoms with E-state index in [1.54, 1.807) is 7.05 Å². The van der Waals surface area contributed by atoms with E-state index in [1.807, 2.05) is 60.7 Å². The topological polar surface area (TPSA) is 105 Å². The minimum Gasteiger partial charge on any atom is -0.351 e. The summed E-state index contributed by atoms with van der Waals surface area (Å²) in [7, 11) is 1.61. The molecule has 0 bridgehead atoms. The van der Waals surface area contributed by atoms with Crippen molar-refractivity contribution in [1.82, 2.24) is 20.2 Å². The maximum absolute atomic E-state index is 13.6. The molecule has 1 heterocycles. The Morgan fingerprint density at radius 2 is 1.46 bits per heavy atom. The SMILES string of the molecule is CNCC(=O)Nc1ncc(-c2ccc(F)cc2)n(CC(=O)NC(Cc2ccccc2)Cc2ccccc2)c1=O.